The van der Waals surface area contributed by atoms with Crippen LogP contribution in [0.1, 0.15) is 54.2 Å². The molecule has 5 nitrogen and oxygen atoms in total. The van der Waals surface area contributed by atoms with Crippen LogP contribution in [0.3, 0.4) is 0 Å². The van der Waals surface area contributed by atoms with Gasteiger partial charge in [0.15, 0.2) is 0 Å². The summed E-state index contributed by atoms with van der Waals surface area (Å²) in [6.07, 6.45) is 1.29. The van der Waals surface area contributed by atoms with E-state index < -0.39 is 17.8 Å². The highest BCUT2D eigenvalue weighted by Gasteiger charge is 2.33. The smallest absolute Gasteiger partial charge is 0.323 e. The van der Waals surface area contributed by atoms with Crippen molar-refractivity contribution in [2.24, 2.45) is 0 Å². The number of benzene rings is 1. The third-order valence-corrected chi connectivity index (χ3v) is 5.69. The quantitative estimate of drug-likeness (QED) is 0.763. The molecule has 1 heterocycles. The minimum absolute atomic E-state index is 0.0443. The molecule has 9 heteroatoms. The van der Waals surface area contributed by atoms with E-state index in [2.05, 4.69) is 15.5 Å². The molecule has 1 saturated carbocycles. The second-order valence-corrected chi connectivity index (χ2v) is 7.73. The van der Waals surface area contributed by atoms with E-state index in [1.54, 1.807) is 0 Å². The Morgan fingerprint density at radius 2 is 1.93 bits per heavy atom. The van der Waals surface area contributed by atoms with E-state index >= 15 is 0 Å². The van der Waals surface area contributed by atoms with Crippen LogP contribution in [0.2, 0.25) is 0 Å². The zero-order valence-electron chi connectivity index (χ0n) is 14.9. The third kappa shape index (κ3) is 4.97. The van der Waals surface area contributed by atoms with E-state index in [-0.39, 0.29) is 12.1 Å². The van der Waals surface area contributed by atoms with Crippen molar-refractivity contribution in [1.29, 1.82) is 0 Å². The lowest BCUT2D eigenvalue weighted by molar-refractivity contribution is -0.138. The first-order valence-electron chi connectivity index (χ1n) is 8.85. The molecule has 1 aliphatic rings. The van der Waals surface area contributed by atoms with Gasteiger partial charge in [0.1, 0.15) is 5.01 Å². The number of anilines is 1. The lowest BCUT2D eigenvalue weighted by atomic mass is 9.90. The Labute approximate surface area is 159 Å². The van der Waals surface area contributed by atoms with Gasteiger partial charge in [-0.15, -0.1) is 10.2 Å². The first kappa shape index (κ1) is 19.6. The average Bonchev–Trinajstić information content (AvgIpc) is 3.10. The van der Waals surface area contributed by atoms with Crippen LogP contribution in [0.4, 0.5) is 23.1 Å². The van der Waals surface area contributed by atoms with E-state index in [0.29, 0.717) is 11.0 Å². The lowest BCUT2D eigenvalue weighted by Crippen LogP contribution is -2.31. The van der Waals surface area contributed by atoms with Gasteiger partial charge in [-0.1, -0.05) is 48.8 Å². The van der Waals surface area contributed by atoms with Crippen molar-refractivity contribution in [2.75, 3.05) is 12.4 Å². The Morgan fingerprint density at radius 1 is 1.22 bits per heavy atom. The average molecular weight is 398 g/mol. The number of amides is 2. The molecule has 0 saturated heterocycles. The zero-order valence-corrected chi connectivity index (χ0v) is 15.7. The van der Waals surface area contributed by atoms with Crippen molar-refractivity contribution in [3.8, 4) is 0 Å². The molecule has 0 bridgehead atoms. The molecule has 1 aromatic carbocycles. The Morgan fingerprint density at radius 3 is 2.63 bits per heavy atom. The third-order valence-electron chi connectivity index (χ3n) is 4.69. The molecule has 1 N–H and O–H groups in total. The number of halogens is 3. The first-order valence-corrected chi connectivity index (χ1v) is 9.67. The SMILES string of the molecule is CN(Cc1ccccc1C(F)(F)F)C(=O)Nc1nnc(C2CCCCC2)s1. The van der Waals surface area contributed by atoms with E-state index in [1.807, 2.05) is 0 Å². The van der Waals surface area contributed by atoms with Gasteiger partial charge in [-0.3, -0.25) is 5.32 Å². The summed E-state index contributed by atoms with van der Waals surface area (Å²) in [7, 11) is 1.45. The van der Waals surface area contributed by atoms with Crippen LogP contribution in [0.15, 0.2) is 24.3 Å². The lowest BCUT2D eigenvalue weighted by Gasteiger charge is -2.20. The predicted octanol–water partition coefficient (Wildman–Crippen LogP) is 5.27. The maximum absolute atomic E-state index is 13.1. The van der Waals surface area contributed by atoms with Crippen molar-refractivity contribution >= 4 is 22.5 Å². The van der Waals surface area contributed by atoms with Gasteiger partial charge in [0.05, 0.1) is 5.56 Å². The number of urea groups is 1. The fraction of sp³-hybridized carbons (Fsp3) is 0.500. The second-order valence-electron chi connectivity index (χ2n) is 6.72. The van der Waals surface area contributed by atoms with Crippen molar-refractivity contribution in [1.82, 2.24) is 15.1 Å². The van der Waals surface area contributed by atoms with Crippen LogP contribution in [0, 0.1) is 0 Å². The molecule has 2 aromatic rings. The number of nitrogens with one attached hydrogen (secondary N) is 1. The molecular formula is C18H21F3N4OS. The van der Waals surface area contributed by atoms with Crippen LogP contribution in [0.5, 0.6) is 0 Å². The van der Waals surface area contributed by atoms with E-state index in [9.17, 15) is 18.0 Å². The molecule has 146 valence electrons. The molecule has 1 fully saturated rings. The highest BCUT2D eigenvalue weighted by molar-refractivity contribution is 7.15. The molecule has 1 aromatic heterocycles. The molecule has 0 aliphatic heterocycles. The van der Waals surface area contributed by atoms with Gasteiger partial charge >= 0.3 is 12.2 Å². The summed E-state index contributed by atoms with van der Waals surface area (Å²) in [6.45, 7) is -0.157. The molecule has 0 unspecified atom stereocenters. The van der Waals surface area contributed by atoms with Gasteiger partial charge in [-0.25, -0.2) is 4.79 Å². The molecule has 2 amide bonds. The molecular weight excluding hydrogens is 377 g/mol. The number of alkyl halides is 3. The van der Waals surface area contributed by atoms with Gasteiger partial charge < -0.3 is 4.90 Å². The normalized spacial score (nSPS) is 15.6. The standard InChI is InChI=1S/C18H21F3N4OS/c1-25(11-13-9-5-6-10-14(13)18(19,20)21)17(26)22-16-24-23-15(27-16)12-7-3-2-4-8-12/h5-6,9-10,12H,2-4,7-8,11H2,1H3,(H,22,24,26). The molecule has 0 atom stereocenters. The van der Waals surface area contributed by atoms with Gasteiger partial charge in [0, 0.05) is 19.5 Å². The summed E-state index contributed by atoms with van der Waals surface area (Å²) in [5.41, 5.74) is -0.692. The fourth-order valence-electron chi connectivity index (χ4n) is 3.25. The largest absolute Gasteiger partial charge is 0.416 e. The molecule has 0 radical (unpaired) electrons. The number of hydrogen-bond donors (Lipinski definition) is 1. The maximum atomic E-state index is 13.1. The first-order chi connectivity index (χ1) is 12.8. The van der Waals surface area contributed by atoms with Crippen LogP contribution < -0.4 is 5.32 Å². The van der Waals surface area contributed by atoms with Gasteiger partial charge in [-0.05, 0) is 24.5 Å². The van der Waals surface area contributed by atoms with Gasteiger partial charge in [0.25, 0.3) is 0 Å². The topological polar surface area (TPSA) is 58.1 Å². The molecule has 27 heavy (non-hydrogen) atoms. The summed E-state index contributed by atoms with van der Waals surface area (Å²) in [6, 6.07) is 4.73. The molecule has 0 spiro atoms. The maximum Gasteiger partial charge on any atom is 0.416 e. The predicted molar refractivity (Wildman–Crippen MR) is 97.7 cm³/mol. The molecule has 1 aliphatic carbocycles. The van der Waals surface area contributed by atoms with E-state index in [1.165, 1.54) is 60.7 Å². The van der Waals surface area contributed by atoms with Crippen molar-refractivity contribution in [3.05, 3.63) is 40.4 Å². The second kappa shape index (κ2) is 8.24. The van der Waals surface area contributed by atoms with Gasteiger partial charge in [-0.2, -0.15) is 13.2 Å². The summed E-state index contributed by atoms with van der Waals surface area (Å²) < 4.78 is 39.3. The summed E-state index contributed by atoms with van der Waals surface area (Å²) >= 11 is 1.34. The Hall–Kier alpha value is -2.16. The van der Waals surface area contributed by atoms with Crippen LogP contribution >= 0.6 is 11.3 Å². The number of hydrogen-bond acceptors (Lipinski definition) is 4. The van der Waals surface area contributed by atoms with Crippen LogP contribution in [0.25, 0.3) is 0 Å². The minimum atomic E-state index is -4.46. The highest BCUT2D eigenvalue weighted by Crippen LogP contribution is 2.35. The van der Waals surface area contributed by atoms with Crippen LogP contribution in [-0.4, -0.2) is 28.2 Å². The van der Waals surface area contributed by atoms with Crippen molar-refractivity contribution in [3.63, 3.8) is 0 Å². The van der Waals surface area contributed by atoms with E-state index in [0.717, 1.165) is 23.9 Å². The Bertz CT molecular complexity index is 787. The number of carbonyl (C=O) groups excluding carboxylic acids is 1. The zero-order chi connectivity index (χ0) is 19.4. The summed E-state index contributed by atoms with van der Waals surface area (Å²) in [5.74, 6) is 0.387. The number of aromatic nitrogens is 2. The van der Waals surface area contributed by atoms with Gasteiger partial charge in [0.2, 0.25) is 5.13 Å². The summed E-state index contributed by atoms with van der Waals surface area (Å²) in [5, 5.41) is 12.1. The molecule has 3 rings (SSSR count). The monoisotopic (exact) mass is 398 g/mol. The Balaban J connectivity index is 1.63. The van der Waals surface area contributed by atoms with Crippen LogP contribution in [-0.2, 0) is 12.7 Å². The number of nitrogens with zero attached hydrogens (tertiary/aromatic N) is 3. The number of rotatable bonds is 4. The highest BCUT2D eigenvalue weighted by atomic mass is 32.1. The Kier molecular flexibility index (Phi) is 5.98. The summed E-state index contributed by atoms with van der Waals surface area (Å²) in [4.78, 5) is 13.5. The number of carbonyl (C=O) groups is 1. The van der Waals surface area contributed by atoms with E-state index in [4.69, 9.17) is 0 Å². The van der Waals surface area contributed by atoms with Crippen molar-refractivity contribution < 1.29 is 18.0 Å². The minimum Gasteiger partial charge on any atom is -0.323 e. The fourth-order valence-corrected chi connectivity index (χ4v) is 4.15. The van der Waals surface area contributed by atoms with Crippen molar-refractivity contribution in [2.45, 2.75) is 50.7 Å².